The van der Waals surface area contributed by atoms with Gasteiger partial charge in [-0.2, -0.15) is 12.6 Å². The maximum atomic E-state index is 13.8. The molecule has 0 aliphatic heterocycles. The van der Waals surface area contributed by atoms with Gasteiger partial charge in [0, 0.05) is 49.3 Å². The van der Waals surface area contributed by atoms with Crippen LogP contribution in [0.2, 0.25) is 0 Å². The van der Waals surface area contributed by atoms with Crippen molar-refractivity contribution in [2.45, 2.75) is 56.5 Å². The van der Waals surface area contributed by atoms with E-state index >= 15 is 0 Å². The second kappa shape index (κ2) is 16.5. The number of amides is 5. The van der Waals surface area contributed by atoms with E-state index in [1.165, 1.54) is 27.9 Å². The van der Waals surface area contributed by atoms with Crippen LogP contribution in [0.3, 0.4) is 0 Å². The van der Waals surface area contributed by atoms with Crippen LogP contribution in [0.5, 0.6) is 5.75 Å². The number of methoxy groups -OCH3 is 1. The SMILES string of the molecule is CNC(=O)C[C@H](C(=O)N[C@H](Cc1c[nH]c2ccccc12)C(=O)N[C@H](C)C(=O)N[C@@H](C)C(=O)NC)C(S)Cc1ccc(OC)cc1. The van der Waals surface area contributed by atoms with Crippen LogP contribution in [0.25, 0.3) is 10.9 Å². The first kappa shape index (κ1) is 35.0. The van der Waals surface area contributed by atoms with Gasteiger partial charge in [0.1, 0.15) is 23.9 Å². The molecule has 13 heteroatoms. The van der Waals surface area contributed by atoms with Gasteiger partial charge in [0.15, 0.2) is 0 Å². The molecule has 0 aliphatic carbocycles. The molecule has 0 aliphatic rings. The van der Waals surface area contributed by atoms with Crippen molar-refractivity contribution in [1.29, 1.82) is 0 Å². The molecule has 3 rings (SSSR count). The first-order valence-corrected chi connectivity index (χ1v) is 15.2. The fourth-order valence-electron chi connectivity index (χ4n) is 4.86. The van der Waals surface area contributed by atoms with E-state index in [9.17, 15) is 24.0 Å². The van der Waals surface area contributed by atoms with Crippen LogP contribution in [0.15, 0.2) is 54.7 Å². The average Bonchev–Trinajstić information content (AvgIpc) is 3.45. The van der Waals surface area contributed by atoms with Gasteiger partial charge < -0.3 is 36.3 Å². The number of ether oxygens (including phenoxy) is 1. The van der Waals surface area contributed by atoms with E-state index in [1.807, 2.05) is 36.4 Å². The van der Waals surface area contributed by atoms with Gasteiger partial charge in [0.05, 0.1) is 13.0 Å². The average molecular weight is 639 g/mol. The number of thiol groups is 1. The number of rotatable bonds is 15. The molecule has 45 heavy (non-hydrogen) atoms. The molecule has 5 atom stereocenters. The summed E-state index contributed by atoms with van der Waals surface area (Å²) in [6.07, 6.45) is 2.10. The Labute approximate surface area is 268 Å². The molecule has 242 valence electrons. The summed E-state index contributed by atoms with van der Waals surface area (Å²) < 4.78 is 5.22. The number of nitrogens with one attached hydrogen (secondary N) is 6. The van der Waals surface area contributed by atoms with Crippen LogP contribution in [0.4, 0.5) is 0 Å². The molecule has 0 spiro atoms. The summed E-state index contributed by atoms with van der Waals surface area (Å²) in [5.74, 6) is -2.63. The van der Waals surface area contributed by atoms with E-state index in [-0.39, 0.29) is 24.7 Å². The third-order valence-electron chi connectivity index (χ3n) is 7.57. The number of carbonyl (C=O) groups is 5. The number of H-pyrrole nitrogens is 1. The van der Waals surface area contributed by atoms with Crippen molar-refractivity contribution in [1.82, 2.24) is 31.6 Å². The fourth-order valence-corrected chi connectivity index (χ4v) is 5.31. The summed E-state index contributed by atoms with van der Waals surface area (Å²) in [5, 5.41) is 13.4. The number of aromatic amines is 1. The van der Waals surface area contributed by atoms with Crippen LogP contribution in [0, 0.1) is 5.92 Å². The third-order valence-corrected chi connectivity index (χ3v) is 8.11. The predicted octanol–water partition coefficient (Wildman–Crippen LogP) is 1.25. The highest BCUT2D eigenvalue weighted by Gasteiger charge is 2.33. The van der Waals surface area contributed by atoms with Crippen LogP contribution < -0.4 is 31.3 Å². The molecule has 2 aromatic carbocycles. The molecule has 0 bridgehead atoms. The number of carbonyl (C=O) groups excluding carboxylic acids is 5. The van der Waals surface area contributed by atoms with E-state index in [1.54, 1.807) is 25.4 Å². The minimum atomic E-state index is -1.10. The highest BCUT2D eigenvalue weighted by molar-refractivity contribution is 7.81. The van der Waals surface area contributed by atoms with Crippen LogP contribution >= 0.6 is 12.6 Å². The number of hydrogen-bond acceptors (Lipinski definition) is 7. The van der Waals surface area contributed by atoms with Crippen LogP contribution in [-0.4, -0.2) is 79.1 Å². The van der Waals surface area contributed by atoms with Crippen LogP contribution in [-0.2, 0) is 36.8 Å². The molecule has 6 N–H and O–H groups in total. The van der Waals surface area contributed by atoms with Crippen molar-refractivity contribution in [2.75, 3.05) is 21.2 Å². The lowest BCUT2D eigenvalue weighted by Crippen LogP contribution is -2.56. The highest BCUT2D eigenvalue weighted by Crippen LogP contribution is 2.23. The standard InChI is InChI=1S/C32H42N6O6S/c1-18(29(40)34-4)36-30(41)19(2)37-32(43)26(15-21-17-35-25-9-7-6-8-23(21)25)38-31(42)24(16-28(39)33-3)27(45)14-20-10-12-22(44-5)13-11-20/h6-13,17-19,24,26-27,35,45H,14-16H2,1-5H3,(H,33,39)(H,34,40)(H,36,41)(H,37,43)(H,38,42)/t18-,19+,24-,26+,27?/m0/s1. The predicted molar refractivity (Wildman–Crippen MR) is 175 cm³/mol. The minimum absolute atomic E-state index is 0.104. The van der Waals surface area contributed by atoms with Crippen molar-refractivity contribution in [3.8, 4) is 5.75 Å². The van der Waals surface area contributed by atoms with Gasteiger partial charge in [0.25, 0.3) is 0 Å². The second-order valence-electron chi connectivity index (χ2n) is 10.8. The molecule has 1 heterocycles. The first-order chi connectivity index (χ1) is 21.5. The number of para-hydroxylation sites is 1. The quantitative estimate of drug-likeness (QED) is 0.124. The molecule has 0 saturated carbocycles. The Kier molecular flexibility index (Phi) is 12.8. The summed E-state index contributed by atoms with van der Waals surface area (Å²) in [4.78, 5) is 67.7. The second-order valence-corrected chi connectivity index (χ2v) is 11.5. The number of hydrogen-bond donors (Lipinski definition) is 7. The van der Waals surface area contributed by atoms with Gasteiger partial charge in [-0.15, -0.1) is 0 Å². The molecular formula is C32H42N6O6S. The van der Waals surface area contributed by atoms with Crippen molar-refractivity contribution in [3.05, 3.63) is 65.9 Å². The molecule has 0 saturated heterocycles. The van der Waals surface area contributed by atoms with Gasteiger partial charge in [-0.1, -0.05) is 30.3 Å². The third kappa shape index (κ3) is 9.73. The Balaban J connectivity index is 1.85. The molecular weight excluding hydrogens is 596 g/mol. The number of benzene rings is 2. The largest absolute Gasteiger partial charge is 0.497 e. The Morgan fingerprint density at radius 2 is 1.44 bits per heavy atom. The molecule has 3 aromatic rings. The zero-order chi connectivity index (χ0) is 33.1. The maximum absolute atomic E-state index is 13.8. The van der Waals surface area contributed by atoms with Crippen molar-refractivity contribution in [2.24, 2.45) is 5.92 Å². The van der Waals surface area contributed by atoms with Gasteiger partial charge in [-0.25, -0.2) is 0 Å². The van der Waals surface area contributed by atoms with E-state index < -0.39 is 47.0 Å². The molecule has 5 amide bonds. The lowest BCUT2D eigenvalue weighted by Gasteiger charge is -2.26. The minimum Gasteiger partial charge on any atom is -0.497 e. The van der Waals surface area contributed by atoms with Crippen molar-refractivity contribution < 1.29 is 28.7 Å². The van der Waals surface area contributed by atoms with E-state index in [0.29, 0.717) is 12.2 Å². The number of aromatic nitrogens is 1. The van der Waals surface area contributed by atoms with Gasteiger partial charge in [0.2, 0.25) is 29.5 Å². The summed E-state index contributed by atoms with van der Waals surface area (Å²) in [6.45, 7) is 3.01. The zero-order valence-electron chi connectivity index (χ0n) is 26.1. The summed E-state index contributed by atoms with van der Waals surface area (Å²) >= 11 is 4.73. The summed E-state index contributed by atoms with van der Waals surface area (Å²) in [7, 11) is 4.51. The molecule has 1 aromatic heterocycles. The van der Waals surface area contributed by atoms with Gasteiger partial charge in [-0.3, -0.25) is 24.0 Å². The molecule has 12 nitrogen and oxygen atoms in total. The lowest BCUT2D eigenvalue weighted by atomic mass is 9.93. The summed E-state index contributed by atoms with van der Waals surface area (Å²) in [6, 6.07) is 12.0. The summed E-state index contributed by atoms with van der Waals surface area (Å²) in [5.41, 5.74) is 2.53. The normalized spacial score (nSPS) is 14.3. The topological polar surface area (TPSA) is 171 Å². The first-order valence-electron chi connectivity index (χ1n) is 14.7. The van der Waals surface area contributed by atoms with Gasteiger partial charge in [-0.05, 0) is 49.6 Å². The molecule has 1 unspecified atom stereocenters. The van der Waals surface area contributed by atoms with Crippen LogP contribution in [0.1, 0.15) is 31.4 Å². The Hall–Kier alpha value is -4.52. The Morgan fingerprint density at radius 1 is 0.800 bits per heavy atom. The zero-order valence-corrected chi connectivity index (χ0v) is 27.0. The fraction of sp³-hybridized carbons (Fsp3) is 0.406. The van der Waals surface area contributed by atoms with Gasteiger partial charge >= 0.3 is 0 Å². The lowest BCUT2D eigenvalue weighted by molar-refractivity contribution is -0.134. The van der Waals surface area contributed by atoms with E-state index in [0.717, 1.165) is 22.0 Å². The highest BCUT2D eigenvalue weighted by atomic mass is 32.1. The van der Waals surface area contributed by atoms with E-state index in [4.69, 9.17) is 17.4 Å². The maximum Gasteiger partial charge on any atom is 0.243 e. The van der Waals surface area contributed by atoms with E-state index in [2.05, 4.69) is 31.6 Å². The van der Waals surface area contributed by atoms with Crippen molar-refractivity contribution >= 4 is 53.1 Å². The number of fused-ring (bicyclic) bond motifs is 1. The molecule has 0 radical (unpaired) electrons. The smallest absolute Gasteiger partial charge is 0.243 e. The molecule has 0 fully saturated rings. The monoisotopic (exact) mass is 638 g/mol. The Morgan fingerprint density at radius 3 is 2.09 bits per heavy atom. The van der Waals surface area contributed by atoms with Crippen molar-refractivity contribution in [3.63, 3.8) is 0 Å². The Bertz CT molecular complexity index is 1490. The number of likely N-dealkylation sites (N-methyl/N-ethyl adjacent to an activating group) is 1.